The van der Waals surface area contributed by atoms with E-state index in [9.17, 15) is 0 Å². The fourth-order valence-electron chi connectivity index (χ4n) is 9.08. The van der Waals surface area contributed by atoms with Crippen LogP contribution in [0.4, 0.5) is 11.4 Å². The topological polar surface area (TPSA) is 46.8 Å². The van der Waals surface area contributed by atoms with Crippen molar-refractivity contribution in [2.75, 3.05) is 4.90 Å². The highest BCUT2D eigenvalue weighted by atomic mass is 15.2. The van der Waals surface area contributed by atoms with Crippen LogP contribution in [0.5, 0.6) is 0 Å². The summed E-state index contributed by atoms with van der Waals surface area (Å²) in [7, 11) is 0. The van der Waals surface area contributed by atoms with Gasteiger partial charge >= 0.3 is 0 Å². The number of pyridine rings is 1. The summed E-state index contributed by atoms with van der Waals surface area (Å²) < 4.78 is 2.36. The van der Waals surface area contributed by atoms with Gasteiger partial charge in [-0.25, -0.2) is 9.97 Å². The Morgan fingerprint density at radius 1 is 0.745 bits per heavy atom. The van der Waals surface area contributed by atoms with Gasteiger partial charge in [0.15, 0.2) is 0 Å². The second-order valence-corrected chi connectivity index (χ2v) is 13.3. The van der Waals surface area contributed by atoms with E-state index in [-0.39, 0.29) is 12.0 Å². The van der Waals surface area contributed by atoms with E-state index in [0.29, 0.717) is 11.9 Å². The lowest BCUT2D eigenvalue weighted by Gasteiger charge is -2.43. The zero-order valence-electron chi connectivity index (χ0n) is 26.0. The molecule has 3 aromatic heterocycles. The number of nitrogens with zero attached hydrogens (tertiary/aromatic N) is 5. The molecule has 5 aromatic carbocycles. The van der Waals surface area contributed by atoms with Crippen LogP contribution < -0.4 is 4.90 Å². The van der Waals surface area contributed by atoms with E-state index < -0.39 is 0 Å². The highest BCUT2D eigenvalue weighted by Crippen LogP contribution is 2.60. The zero-order chi connectivity index (χ0) is 31.0. The molecule has 3 aliphatic rings. The third-order valence-corrected chi connectivity index (χ3v) is 10.9. The van der Waals surface area contributed by atoms with Gasteiger partial charge in [0.2, 0.25) is 5.95 Å². The Hall–Kier alpha value is -5.81. The molecule has 0 spiro atoms. The Labute approximate surface area is 271 Å². The molecule has 2 bridgehead atoms. The first kappa shape index (κ1) is 25.4. The summed E-state index contributed by atoms with van der Waals surface area (Å²) in [5, 5.41) is 7.53. The van der Waals surface area contributed by atoms with E-state index >= 15 is 0 Å². The molecule has 1 aliphatic carbocycles. The van der Waals surface area contributed by atoms with Crippen LogP contribution in [0, 0.1) is 12.8 Å². The van der Waals surface area contributed by atoms with Crippen molar-refractivity contribution in [2.45, 2.75) is 25.8 Å². The highest BCUT2D eigenvalue weighted by molar-refractivity contribution is 6.31. The molecule has 5 heterocycles. The molecule has 0 saturated carbocycles. The predicted octanol–water partition coefficient (Wildman–Crippen LogP) is 9.94. The second-order valence-electron chi connectivity index (χ2n) is 13.3. The fraction of sp³-hybridized carbons (Fsp3) is 0.119. The third kappa shape index (κ3) is 3.11. The maximum absolute atomic E-state index is 5.24. The van der Waals surface area contributed by atoms with Crippen LogP contribution in [-0.4, -0.2) is 25.6 Å². The summed E-state index contributed by atoms with van der Waals surface area (Å²) in [6.07, 6.45) is 8.92. The number of benzene rings is 5. The molecule has 47 heavy (non-hydrogen) atoms. The number of hydrogen-bond donors (Lipinski definition) is 0. The molecule has 0 fully saturated rings. The molecule has 8 aromatic rings. The quantitative estimate of drug-likeness (QED) is 0.187. The minimum absolute atomic E-state index is 0.193. The molecule has 3 atom stereocenters. The molecule has 0 amide bonds. The number of hydrogen-bond acceptors (Lipinski definition) is 4. The van der Waals surface area contributed by atoms with Gasteiger partial charge < -0.3 is 4.90 Å². The number of aromatic nitrogens is 4. The summed E-state index contributed by atoms with van der Waals surface area (Å²) in [6.45, 7) is 4.48. The van der Waals surface area contributed by atoms with Gasteiger partial charge in [-0.1, -0.05) is 97.9 Å². The molecule has 5 heteroatoms. The van der Waals surface area contributed by atoms with Crippen molar-refractivity contribution in [3.63, 3.8) is 0 Å². The Morgan fingerprint density at radius 2 is 1.55 bits per heavy atom. The van der Waals surface area contributed by atoms with E-state index in [4.69, 9.17) is 9.97 Å². The number of para-hydroxylation sites is 1. The maximum atomic E-state index is 5.24. The molecule has 2 aliphatic heterocycles. The van der Waals surface area contributed by atoms with Gasteiger partial charge in [0.25, 0.3) is 0 Å². The SMILES string of the molecule is Cc1nc(-n2c3ccc4ccccc4c3c3c4ccccc4c4c(c32)C2C=CC=C3c5ccccc5N4C3C2C)nc2cccnc12. The van der Waals surface area contributed by atoms with E-state index in [1.54, 1.807) is 0 Å². The lowest BCUT2D eigenvalue weighted by Crippen LogP contribution is -2.40. The molecule has 3 unspecified atom stereocenters. The minimum Gasteiger partial charge on any atom is -0.332 e. The summed E-state index contributed by atoms with van der Waals surface area (Å²) in [6, 6.07) is 35.5. The van der Waals surface area contributed by atoms with Crippen LogP contribution in [0.1, 0.15) is 29.7 Å². The molecule has 0 saturated heterocycles. The van der Waals surface area contributed by atoms with Crippen molar-refractivity contribution in [3.05, 3.63) is 138 Å². The summed E-state index contributed by atoms with van der Waals surface area (Å²) in [5.74, 6) is 1.22. The molecular formula is C42H29N5. The van der Waals surface area contributed by atoms with Crippen molar-refractivity contribution >= 4 is 71.3 Å². The van der Waals surface area contributed by atoms with Crippen LogP contribution in [-0.2, 0) is 0 Å². The monoisotopic (exact) mass is 603 g/mol. The van der Waals surface area contributed by atoms with Gasteiger partial charge in [-0.2, -0.15) is 0 Å². The number of allylic oxidation sites excluding steroid dienone is 3. The van der Waals surface area contributed by atoms with Crippen LogP contribution >= 0.6 is 0 Å². The van der Waals surface area contributed by atoms with Crippen LogP contribution in [0.15, 0.2) is 121 Å². The van der Waals surface area contributed by atoms with Crippen molar-refractivity contribution in [1.29, 1.82) is 0 Å². The number of aryl methyl sites for hydroxylation is 1. The third-order valence-electron chi connectivity index (χ3n) is 10.9. The van der Waals surface area contributed by atoms with Crippen molar-refractivity contribution in [1.82, 2.24) is 19.5 Å². The maximum Gasteiger partial charge on any atom is 0.235 e. The van der Waals surface area contributed by atoms with Gasteiger partial charge in [-0.15, -0.1) is 0 Å². The number of anilines is 2. The van der Waals surface area contributed by atoms with Crippen LogP contribution in [0.2, 0.25) is 0 Å². The predicted molar refractivity (Wildman–Crippen MR) is 193 cm³/mol. The van der Waals surface area contributed by atoms with E-state index in [1.165, 1.54) is 65.9 Å². The molecule has 222 valence electrons. The Kier molecular flexibility index (Phi) is 4.82. The molecule has 11 rings (SSSR count). The van der Waals surface area contributed by atoms with E-state index in [2.05, 4.69) is 125 Å². The summed E-state index contributed by atoms with van der Waals surface area (Å²) in [4.78, 5) is 17.7. The van der Waals surface area contributed by atoms with Gasteiger partial charge in [-0.3, -0.25) is 9.55 Å². The Balaban J connectivity index is 1.42. The lowest BCUT2D eigenvalue weighted by atomic mass is 9.75. The van der Waals surface area contributed by atoms with Crippen LogP contribution in [0.3, 0.4) is 0 Å². The highest BCUT2D eigenvalue weighted by Gasteiger charge is 2.48. The summed E-state index contributed by atoms with van der Waals surface area (Å²) in [5.41, 5.74) is 11.6. The van der Waals surface area contributed by atoms with E-state index in [1.807, 2.05) is 25.3 Å². The standard InChI is InChI=1S/C42H29N5/c1-23-26-16-9-17-30-28-13-7-8-19-33(28)46(39(23)30)40-31-15-6-5-14-29(31)36-35-27-12-4-3-11-25(27)20-21-34(35)47(41(36)37(26)40)42-44-24(2)38-32(45-42)18-10-22-43-38/h3-23,26,39H,1-2H3. The Bertz CT molecular complexity index is 2750. The van der Waals surface area contributed by atoms with E-state index in [0.717, 1.165) is 22.2 Å². The first-order chi connectivity index (χ1) is 23.2. The van der Waals surface area contributed by atoms with Crippen molar-refractivity contribution < 1.29 is 0 Å². The van der Waals surface area contributed by atoms with Crippen LogP contribution in [0.25, 0.3) is 65.9 Å². The molecule has 0 N–H and O–H groups in total. The smallest absolute Gasteiger partial charge is 0.235 e. The average Bonchev–Trinajstić information content (AvgIpc) is 3.60. The second kappa shape index (κ2) is 8.92. The Morgan fingerprint density at radius 3 is 2.47 bits per heavy atom. The molecule has 5 nitrogen and oxygen atoms in total. The summed E-state index contributed by atoms with van der Waals surface area (Å²) >= 11 is 0. The van der Waals surface area contributed by atoms with Gasteiger partial charge in [-0.05, 0) is 58.8 Å². The van der Waals surface area contributed by atoms with Gasteiger partial charge in [0.05, 0.1) is 34.0 Å². The minimum atomic E-state index is 0.193. The number of fused-ring (bicyclic) bond motifs is 17. The first-order valence-corrected chi connectivity index (χ1v) is 16.5. The van der Waals surface area contributed by atoms with Gasteiger partial charge in [0.1, 0.15) is 5.52 Å². The van der Waals surface area contributed by atoms with Crippen molar-refractivity contribution in [3.8, 4) is 5.95 Å². The largest absolute Gasteiger partial charge is 0.332 e. The number of rotatable bonds is 1. The lowest BCUT2D eigenvalue weighted by molar-refractivity contribution is 0.465. The van der Waals surface area contributed by atoms with Gasteiger partial charge in [0, 0.05) is 45.1 Å². The molecule has 0 radical (unpaired) electrons. The molecular weight excluding hydrogens is 574 g/mol. The van der Waals surface area contributed by atoms with Crippen molar-refractivity contribution in [2.24, 2.45) is 5.92 Å². The zero-order valence-corrected chi connectivity index (χ0v) is 26.0. The fourth-order valence-corrected chi connectivity index (χ4v) is 9.08. The first-order valence-electron chi connectivity index (χ1n) is 16.5. The average molecular weight is 604 g/mol. The normalized spacial score (nSPS) is 19.5.